The van der Waals surface area contributed by atoms with E-state index in [0.29, 0.717) is 18.3 Å². The summed E-state index contributed by atoms with van der Waals surface area (Å²) in [4.78, 5) is 17.5. The van der Waals surface area contributed by atoms with E-state index in [1.54, 1.807) is 18.3 Å². The molecule has 1 aliphatic rings. The van der Waals surface area contributed by atoms with Crippen molar-refractivity contribution in [3.05, 3.63) is 46.9 Å². The second-order valence-electron chi connectivity index (χ2n) is 5.79. The number of urea groups is 1. The molecule has 0 unspecified atom stereocenters. The zero-order valence-electron chi connectivity index (χ0n) is 12.6. The molecule has 0 bridgehead atoms. The normalized spacial score (nSPS) is 15.5. The third-order valence-electron chi connectivity index (χ3n) is 3.94. The average molecular weight is 328 g/mol. The van der Waals surface area contributed by atoms with Gasteiger partial charge < -0.3 is 15.2 Å². The van der Waals surface area contributed by atoms with Crippen LogP contribution in [0.1, 0.15) is 29.4 Å². The lowest BCUT2D eigenvalue weighted by Gasteiger charge is -2.13. The summed E-state index contributed by atoms with van der Waals surface area (Å²) < 4.78 is 6.42. The Hall–Kier alpha value is -2.41. The first-order valence-electron chi connectivity index (χ1n) is 7.49. The van der Waals surface area contributed by atoms with Crippen LogP contribution < -0.4 is 10.6 Å². The molecular weight excluding hydrogens is 312 g/mol. The minimum absolute atomic E-state index is 0.212. The number of nitrogens with zero attached hydrogens (tertiary/aromatic N) is 2. The largest absolute Gasteiger partial charge is 0.337 e. The molecule has 0 atom stereocenters. The summed E-state index contributed by atoms with van der Waals surface area (Å²) in [6, 6.07) is 10.1. The highest BCUT2D eigenvalue weighted by Crippen LogP contribution is 2.44. The fourth-order valence-corrected chi connectivity index (χ4v) is 3.57. The van der Waals surface area contributed by atoms with E-state index >= 15 is 0 Å². The Labute approximate surface area is 136 Å². The summed E-state index contributed by atoms with van der Waals surface area (Å²) in [6.07, 6.45) is 1.65. The van der Waals surface area contributed by atoms with Crippen LogP contribution in [0.3, 0.4) is 0 Å². The standard InChI is InChI=1S/C16H16N4O2S/c1-10-18-14(22-20-10)16(6-7-16)19-15(21)17-9-12-8-11-4-2-3-5-13(11)23-12/h2-5,8H,6-7,9H2,1H3,(H2,17,19,21). The molecule has 0 saturated heterocycles. The number of rotatable bonds is 4. The molecule has 118 valence electrons. The first-order valence-corrected chi connectivity index (χ1v) is 8.31. The minimum Gasteiger partial charge on any atom is -0.337 e. The molecule has 1 fully saturated rings. The van der Waals surface area contributed by atoms with Crippen molar-refractivity contribution in [3.63, 3.8) is 0 Å². The SMILES string of the molecule is Cc1noc(C2(NC(=O)NCc3cc4ccccc4s3)CC2)n1. The number of hydrogen-bond acceptors (Lipinski definition) is 5. The fraction of sp³-hybridized carbons (Fsp3) is 0.312. The number of carbonyl (C=O) groups is 1. The van der Waals surface area contributed by atoms with Gasteiger partial charge in [-0.2, -0.15) is 4.98 Å². The van der Waals surface area contributed by atoms with Crippen molar-refractivity contribution in [2.24, 2.45) is 0 Å². The van der Waals surface area contributed by atoms with Crippen molar-refractivity contribution in [3.8, 4) is 0 Å². The highest BCUT2D eigenvalue weighted by molar-refractivity contribution is 7.19. The molecule has 0 aliphatic heterocycles. The van der Waals surface area contributed by atoms with Crippen molar-refractivity contribution in [2.75, 3.05) is 0 Å². The van der Waals surface area contributed by atoms with Crippen LogP contribution in [-0.4, -0.2) is 16.2 Å². The molecule has 1 aliphatic carbocycles. The maximum absolute atomic E-state index is 12.2. The van der Waals surface area contributed by atoms with E-state index in [9.17, 15) is 4.79 Å². The van der Waals surface area contributed by atoms with Gasteiger partial charge in [-0.1, -0.05) is 23.4 Å². The first-order chi connectivity index (χ1) is 11.1. The van der Waals surface area contributed by atoms with Gasteiger partial charge in [0, 0.05) is 9.58 Å². The molecule has 1 aromatic carbocycles. The molecule has 2 N–H and O–H groups in total. The van der Waals surface area contributed by atoms with E-state index in [1.807, 2.05) is 12.1 Å². The molecule has 3 aromatic rings. The van der Waals surface area contributed by atoms with Gasteiger partial charge in [0.15, 0.2) is 5.82 Å². The minimum atomic E-state index is -0.481. The number of amides is 2. The van der Waals surface area contributed by atoms with Crippen molar-refractivity contribution >= 4 is 27.5 Å². The lowest BCUT2D eigenvalue weighted by molar-refractivity contribution is 0.229. The lowest BCUT2D eigenvalue weighted by atomic mass is 10.2. The molecule has 2 aromatic heterocycles. The van der Waals surface area contributed by atoms with Crippen molar-refractivity contribution in [1.29, 1.82) is 0 Å². The lowest BCUT2D eigenvalue weighted by Crippen LogP contribution is -2.42. The van der Waals surface area contributed by atoms with E-state index in [-0.39, 0.29) is 6.03 Å². The Balaban J connectivity index is 1.39. The highest BCUT2D eigenvalue weighted by atomic mass is 32.1. The summed E-state index contributed by atoms with van der Waals surface area (Å²) in [5, 5.41) is 10.9. The van der Waals surface area contributed by atoms with Crippen LogP contribution in [0.15, 0.2) is 34.9 Å². The summed E-state index contributed by atoms with van der Waals surface area (Å²) in [5.41, 5.74) is -0.481. The van der Waals surface area contributed by atoms with Gasteiger partial charge in [0.1, 0.15) is 5.54 Å². The van der Waals surface area contributed by atoms with Gasteiger partial charge in [-0.05, 0) is 37.3 Å². The maximum atomic E-state index is 12.2. The van der Waals surface area contributed by atoms with Crippen LogP contribution in [0.25, 0.3) is 10.1 Å². The molecular formula is C16H16N4O2S. The number of nitrogens with one attached hydrogen (secondary N) is 2. The zero-order chi connectivity index (χ0) is 15.9. The Morgan fingerprint density at radius 3 is 2.91 bits per heavy atom. The van der Waals surface area contributed by atoms with Crippen molar-refractivity contribution in [2.45, 2.75) is 31.8 Å². The van der Waals surface area contributed by atoms with Crippen LogP contribution in [-0.2, 0) is 12.1 Å². The van der Waals surface area contributed by atoms with Gasteiger partial charge in [-0.25, -0.2) is 4.79 Å². The number of thiophene rings is 1. The Morgan fingerprint density at radius 1 is 1.39 bits per heavy atom. The highest BCUT2D eigenvalue weighted by Gasteiger charge is 2.50. The summed E-state index contributed by atoms with van der Waals surface area (Å²) in [5.74, 6) is 1.07. The predicted molar refractivity (Wildman–Crippen MR) is 87.1 cm³/mol. The van der Waals surface area contributed by atoms with Gasteiger partial charge >= 0.3 is 6.03 Å². The molecule has 0 spiro atoms. The number of aryl methyl sites for hydroxylation is 1. The van der Waals surface area contributed by atoms with E-state index in [2.05, 4.69) is 39.0 Å². The quantitative estimate of drug-likeness (QED) is 0.771. The van der Waals surface area contributed by atoms with Crippen molar-refractivity contribution in [1.82, 2.24) is 20.8 Å². The van der Waals surface area contributed by atoms with Gasteiger partial charge in [-0.15, -0.1) is 11.3 Å². The van der Waals surface area contributed by atoms with Crippen LogP contribution >= 0.6 is 11.3 Å². The second-order valence-corrected chi connectivity index (χ2v) is 6.96. The summed E-state index contributed by atoms with van der Waals surface area (Å²) in [7, 11) is 0. The molecule has 23 heavy (non-hydrogen) atoms. The number of benzene rings is 1. The molecule has 2 amide bonds. The molecule has 4 rings (SSSR count). The second kappa shape index (κ2) is 5.34. The summed E-state index contributed by atoms with van der Waals surface area (Å²) in [6.45, 7) is 2.27. The third kappa shape index (κ3) is 2.79. The topological polar surface area (TPSA) is 80.0 Å². The monoisotopic (exact) mass is 328 g/mol. The van der Waals surface area contributed by atoms with E-state index in [4.69, 9.17) is 4.52 Å². The van der Waals surface area contributed by atoms with Gasteiger partial charge in [0.05, 0.1) is 6.54 Å². The Kier molecular flexibility index (Phi) is 3.30. The van der Waals surface area contributed by atoms with Crippen LogP contribution in [0.5, 0.6) is 0 Å². The number of fused-ring (bicyclic) bond motifs is 1. The van der Waals surface area contributed by atoms with Gasteiger partial charge in [0.25, 0.3) is 5.89 Å². The van der Waals surface area contributed by atoms with Crippen molar-refractivity contribution < 1.29 is 9.32 Å². The smallest absolute Gasteiger partial charge is 0.315 e. The molecule has 1 saturated carbocycles. The molecule has 6 nitrogen and oxygen atoms in total. The fourth-order valence-electron chi connectivity index (χ4n) is 2.56. The predicted octanol–water partition coefficient (Wildman–Crippen LogP) is 3.08. The first kappa shape index (κ1) is 14.2. The maximum Gasteiger partial charge on any atom is 0.315 e. The van der Waals surface area contributed by atoms with E-state index in [1.165, 1.54) is 10.1 Å². The Morgan fingerprint density at radius 2 is 2.22 bits per heavy atom. The van der Waals surface area contributed by atoms with Gasteiger partial charge in [0.2, 0.25) is 0 Å². The number of hydrogen-bond donors (Lipinski definition) is 2. The molecule has 7 heteroatoms. The average Bonchev–Trinajstić information content (AvgIpc) is 2.99. The molecule has 0 radical (unpaired) electrons. The van der Waals surface area contributed by atoms with Crippen LogP contribution in [0.2, 0.25) is 0 Å². The van der Waals surface area contributed by atoms with Crippen LogP contribution in [0, 0.1) is 6.92 Å². The van der Waals surface area contributed by atoms with Crippen LogP contribution in [0.4, 0.5) is 4.79 Å². The zero-order valence-corrected chi connectivity index (χ0v) is 13.4. The number of carbonyl (C=O) groups excluding carboxylic acids is 1. The van der Waals surface area contributed by atoms with Gasteiger partial charge in [-0.3, -0.25) is 0 Å². The van der Waals surface area contributed by atoms with E-state index < -0.39 is 5.54 Å². The number of aromatic nitrogens is 2. The third-order valence-corrected chi connectivity index (χ3v) is 5.06. The summed E-state index contributed by atoms with van der Waals surface area (Å²) >= 11 is 1.69. The molecule has 2 heterocycles. The Bertz CT molecular complexity index is 833. The van der Waals surface area contributed by atoms with E-state index in [0.717, 1.165) is 17.7 Å².